The molecule has 2 N–H and O–H groups in total. The van der Waals surface area contributed by atoms with Crippen molar-refractivity contribution >= 4 is 23.5 Å². The van der Waals surface area contributed by atoms with Gasteiger partial charge < -0.3 is 10.4 Å². The number of carbonyl (C=O) groups is 2. The average Bonchev–Trinajstić information content (AvgIpc) is 2.37. The zero-order valence-electron chi connectivity index (χ0n) is 11.9. The number of amides is 1. The summed E-state index contributed by atoms with van der Waals surface area (Å²) in [5, 5.41) is 12.2. The lowest BCUT2D eigenvalue weighted by Crippen LogP contribution is -2.43. The molecule has 0 saturated heterocycles. The SMILES string of the molecule is CC[C@H](NC(=O)C(c1ccc(Cl)cc1)C(C)C)C(=O)O. The van der Waals surface area contributed by atoms with Gasteiger partial charge in [-0.2, -0.15) is 0 Å². The van der Waals surface area contributed by atoms with Gasteiger partial charge in [0.05, 0.1) is 5.92 Å². The van der Waals surface area contributed by atoms with Crippen molar-refractivity contribution in [1.82, 2.24) is 5.32 Å². The first-order valence-corrected chi connectivity index (χ1v) is 7.03. The number of hydrogen-bond donors (Lipinski definition) is 2. The summed E-state index contributed by atoms with van der Waals surface area (Å²) in [7, 11) is 0. The molecule has 2 atom stereocenters. The summed E-state index contributed by atoms with van der Waals surface area (Å²) in [4.78, 5) is 23.3. The van der Waals surface area contributed by atoms with E-state index < -0.39 is 12.0 Å². The Morgan fingerprint density at radius 2 is 1.80 bits per heavy atom. The Hall–Kier alpha value is -1.55. The van der Waals surface area contributed by atoms with E-state index >= 15 is 0 Å². The summed E-state index contributed by atoms with van der Waals surface area (Å²) < 4.78 is 0. The second-order valence-corrected chi connectivity index (χ2v) is 5.52. The number of halogens is 1. The molecule has 1 amide bonds. The van der Waals surface area contributed by atoms with Crippen LogP contribution in [0.4, 0.5) is 0 Å². The Bertz CT molecular complexity index is 471. The molecule has 1 aromatic rings. The monoisotopic (exact) mass is 297 g/mol. The first kappa shape index (κ1) is 16.5. The van der Waals surface area contributed by atoms with Crippen LogP contribution in [0.25, 0.3) is 0 Å². The van der Waals surface area contributed by atoms with Crippen LogP contribution in [0.3, 0.4) is 0 Å². The van der Waals surface area contributed by atoms with Crippen LogP contribution < -0.4 is 5.32 Å². The van der Waals surface area contributed by atoms with Crippen molar-refractivity contribution in [1.29, 1.82) is 0 Å². The van der Waals surface area contributed by atoms with E-state index in [2.05, 4.69) is 5.32 Å². The summed E-state index contributed by atoms with van der Waals surface area (Å²) in [6.07, 6.45) is 0.354. The lowest BCUT2D eigenvalue weighted by Gasteiger charge is -2.23. The third kappa shape index (κ3) is 4.23. The van der Waals surface area contributed by atoms with Crippen LogP contribution in [0, 0.1) is 5.92 Å². The maximum Gasteiger partial charge on any atom is 0.326 e. The maximum absolute atomic E-state index is 12.3. The van der Waals surface area contributed by atoms with Crippen LogP contribution in [0.2, 0.25) is 5.02 Å². The van der Waals surface area contributed by atoms with Crippen LogP contribution >= 0.6 is 11.6 Å². The number of carboxylic acid groups (broad SMARTS) is 1. The van der Waals surface area contributed by atoms with Crippen LogP contribution in [-0.2, 0) is 9.59 Å². The van der Waals surface area contributed by atoms with E-state index in [9.17, 15) is 9.59 Å². The Labute approximate surface area is 124 Å². The van der Waals surface area contributed by atoms with Gasteiger partial charge in [0.15, 0.2) is 0 Å². The van der Waals surface area contributed by atoms with E-state index in [1.807, 2.05) is 13.8 Å². The van der Waals surface area contributed by atoms with Gasteiger partial charge >= 0.3 is 5.97 Å². The second-order valence-electron chi connectivity index (χ2n) is 5.08. The van der Waals surface area contributed by atoms with Crippen molar-refractivity contribution in [3.05, 3.63) is 34.9 Å². The number of carbonyl (C=O) groups excluding carboxylic acids is 1. The topological polar surface area (TPSA) is 66.4 Å². The second kappa shape index (κ2) is 7.29. The van der Waals surface area contributed by atoms with Gasteiger partial charge in [0, 0.05) is 5.02 Å². The molecule has 1 aromatic carbocycles. The lowest BCUT2D eigenvalue weighted by molar-refractivity contribution is -0.142. The molecule has 0 heterocycles. The molecular weight excluding hydrogens is 278 g/mol. The largest absolute Gasteiger partial charge is 0.480 e. The smallest absolute Gasteiger partial charge is 0.326 e. The normalized spacial score (nSPS) is 13.8. The third-order valence-electron chi connectivity index (χ3n) is 3.20. The average molecular weight is 298 g/mol. The number of rotatable bonds is 6. The minimum atomic E-state index is -1.01. The van der Waals surface area contributed by atoms with Crippen LogP contribution in [0.1, 0.15) is 38.7 Å². The molecule has 20 heavy (non-hydrogen) atoms. The van der Waals surface area contributed by atoms with E-state index in [-0.39, 0.29) is 17.7 Å². The minimum Gasteiger partial charge on any atom is -0.480 e. The molecule has 1 unspecified atom stereocenters. The highest BCUT2D eigenvalue weighted by atomic mass is 35.5. The van der Waals surface area contributed by atoms with E-state index in [4.69, 9.17) is 16.7 Å². The fraction of sp³-hybridized carbons (Fsp3) is 0.467. The lowest BCUT2D eigenvalue weighted by atomic mass is 9.87. The molecule has 0 saturated carbocycles. The molecule has 0 spiro atoms. The van der Waals surface area contributed by atoms with Gasteiger partial charge in [-0.05, 0) is 30.0 Å². The molecule has 0 fully saturated rings. The van der Waals surface area contributed by atoms with Crippen LogP contribution in [0.15, 0.2) is 24.3 Å². The molecule has 0 aliphatic rings. The quantitative estimate of drug-likeness (QED) is 0.848. The maximum atomic E-state index is 12.3. The van der Waals surface area contributed by atoms with Crippen molar-refractivity contribution in [2.24, 2.45) is 5.92 Å². The molecule has 110 valence electrons. The highest BCUT2D eigenvalue weighted by Crippen LogP contribution is 2.26. The summed E-state index contributed by atoms with van der Waals surface area (Å²) in [6, 6.07) is 6.21. The minimum absolute atomic E-state index is 0.0578. The number of benzene rings is 1. The number of aliphatic carboxylic acids is 1. The molecule has 0 aromatic heterocycles. The zero-order valence-corrected chi connectivity index (χ0v) is 12.6. The first-order valence-electron chi connectivity index (χ1n) is 6.65. The first-order chi connectivity index (χ1) is 9.36. The van der Waals surface area contributed by atoms with E-state index in [1.165, 1.54) is 0 Å². The van der Waals surface area contributed by atoms with Gasteiger partial charge in [0.25, 0.3) is 0 Å². The summed E-state index contributed by atoms with van der Waals surface area (Å²) in [6.45, 7) is 5.59. The van der Waals surface area contributed by atoms with Crippen molar-refractivity contribution in [3.8, 4) is 0 Å². The van der Waals surface area contributed by atoms with E-state index in [0.717, 1.165) is 5.56 Å². The third-order valence-corrected chi connectivity index (χ3v) is 3.45. The van der Waals surface area contributed by atoms with Crippen LogP contribution in [-0.4, -0.2) is 23.0 Å². The van der Waals surface area contributed by atoms with Gasteiger partial charge in [0.2, 0.25) is 5.91 Å². The predicted octanol–water partition coefficient (Wildman–Crippen LogP) is 3.06. The zero-order chi connectivity index (χ0) is 15.3. The van der Waals surface area contributed by atoms with Crippen molar-refractivity contribution in [3.63, 3.8) is 0 Å². The molecule has 0 aliphatic carbocycles. The number of carboxylic acids is 1. The molecule has 5 heteroatoms. The molecule has 0 aliphatic heterocycles. The standard InChI is InChI=1S/C15H20ClNO3/c1-4-12(15(19)20)17-14(18)13(9(2)3)10-5-7-11(16)8-6-10/h5-9,12-13H,4H2,1-3H3,(H,17,18)(H,19,20)/t12-,13?/m0/s1. The van der Waals surface area contributed by atoms with Crippen molar-refractivity contribution in [2.45, 2.75) is 39.2 Å². The number of nitrogens with one attached hydrogen (secondary N) is 1. The summed E-state index contributed by atoms with van der Waals surface area (Å²) >= 11 is 5.85. The highest BCUT2D eigenvalue weighted by molar-refractivity contribution is 6.30. The Morgan fingerprint density at radius 1 is 1.25 bits per heavy atom. The van der Waals surface area contributed by atoms with Gasteiger partial charge in [0.1, 0.15) is 6.04 Å². The Kier molecular flexibility index (Phi) is 6.02. The molecule has 0 bridgehead atoms. The molecule has 1 rings (SSSR count). The van der Waals surface area contributed by atoms with Gasteiger partial charge in [-0.1, -0.05) is 44.5 Å². The van der Waals surface area contributed by atoms with Crippen LogP contribution in [0.5, 0.6) is 0 Å². The molecular formula is C15H20ClNO3. The van der Waals surface area contributed by atoms with E-state index in [0.29, 0.717) is 11.4 Å². The highest BCUT2D eigenvalue weighted by Gasteiger charge is 2.27. The fourth-order valence-electron chi connectivity index (χ4n) is 2.11. The van der Waals surface area contributed by atoms with Crippen molar-refractivity contribution < 1.29 is 14.7 Å². The number of hydrogen-bond acceptors (Lipinski definition) is 2. The predicted molar refractivity (Wildman–Crippen MR) is 78.9 cm³/mol. The molecule has 4 nitrogen and oxygen atoms in total. The summed E-state index contributed by atoms with van der Waals surface area (Å²) in [5.41, 5.74) is 0.835. The fourth-order valence-corrected chi connectivity index (χ4v) is 2.24. The summed E-state index contributed by atoms with van der Waals surface area (Å²) in [5.74, 6) is -1.61. The van der Waals surface area contributed by atoms with Gasteiger partial charge in [-0.15, -0.1) is 0 Å². The molecule has 0 radical (unpaired) electrons. The van der Waals surface area contributed by atoms with Gasteiger partial charge in [-0.25, -0.2) is 4.79 Å². The van der Waals surface area contributed by atoms with Gasteiger partial charge in [-0.3, -0.25) is 4.79 Å². The Balaban J connectivity index is 2.93. The Morgan fingerprint density at radius 3 is 2.20 bits per heavy atom. The van der Waals surface area contributed by atoms with E-state index in [1.54, 1.807) is 31.2 Å². The van der Waals surface area contributed by atoms with Crippen molar-refractivity contribution in [2.75, 3.05) is 0 Å².